The zero-order valence-corrected chi connectivity index (χ0v) is 9.99. The summed E-state index contributed by atoms with van der Waals surface area (Å²) >= 11 is 5.73. The Balaban J connectivity index is 2.17. The molecule has 0 saturated heterocycles. The highest BCUT2D eigenvalue weighted by atomic mass is 35.5. The molecule has 0 atom stereocenters. The molecule has 2 rings (SSSR count). The van der Waals surface area contributed by atoms with Gasteiger partial charge in [0.15, 0.2) is 0 Å². The van der Waals surface area contributed by atoms with Crippen molar-refractivity contribution >= 4 is 23.3 Å². The fourth-order valence-corrected chi connectivity index (χ4v) is 1.64. The number of furan rings is 1. The molecule has 0 saturated carbocycles. The topological polar surface area (TPSA) is 55.1 Å². The summed E-state index contributed by atoms with van der Waals surface area (Å²) in [6.45, 7) is 1.92. The van der Waals surface area contributed by atoms with Gasteiger partial charge in [0.25, 0.3) is 5.91 Å². The number of anilines is 1. The van der Waals surface area contributed by atoms with Crippen molar-refractivity contribution in [3.63, 3.8) is 0 Å². The third-order valence-corrected chi connectivity index (χ3v) is 2.48. The van der Waals surface area contributed by atoms with E-state index in [1.54, 1.807) is 24.3 Å². The molecule has 2 aromatic heterocycles. The van der Waals surface area contributed by atoms with Gasteiger partial charge in [-0.15, -0.1) is 0 Å². The van der Waals surface area contributed by atoms with Crippen LogP contribution in [0.15, 0.2) is 34.9 Å². The van der Waals surface area contributed by atoms with Crippen LogP contribution in [0.3, 0.4) is 0 Å². The van der Waals surface area contributed by atoms with Crippen LogP contribution in [0.5, 0.6) is 0 Å². The summed E-state index contributed by atoms with van der Waals surface area (Å²) in [4.78, 5) is 15.9. The van der Waals surface area contributed by atoms with Gasteiger partial charge in [-0.05, 0) is 18.2 Å². The van der Waals surface area contributed by atoms with Crippen molar-refractivity contribution in [1.29, 1.82) is 0 Å². The number of nitrogens with zero attached hydrogens (tertiary/aromatic N) is 1. The molecule has 17 heavy (non-hydrogen) atoms. The van der Waals surface area contributed by atoms with Gasteiger partial charge >= 0.3 is 0 Å². The SMILES string of the molecule is CCc1occc1C(=O)Nc1cccc(Cl)n1. The summed E-state index contributed by atoms with van der Waals surface area (Å²) in [6.07, 6.45) is 2.16. The monoisotopic (exact) mass is 250 g/mol. The standard InChI is InChI=1S/C12H11ClN2O2/c1-2-9-8(6-7-17-9)12(16)15-11-5-3-4-10(13)14-11/h3-7H,2H2,1H3,(H,14,15,16). The summed E-state index contributed by atoms with van der Waals surface area (Å²) in [6, 6.07) is 6.68. The Hall–Kier alpha value is -1.81. The molecule has 0 aromatic carbocycles. The number of hydrogen-bond acceptors (Lipinski definition) is 3. The van der Waals surface area contributed by atoms with Crippen molar-refractivity contribution in [2.75, 3.05) is 5.32 Å². The lowest BCUT2D eigenvalue weighted by Crippen LogP contribution is -2.13. The van der Waals surface area contributed by atoms with E-state index in [4.69, 9.17) is 16.0 Å². The first kappa shape index (κ1) is 11.7. The highest BCUT2D eigenvalue weighted by Gasteiger charge is 2.13. The fourth-order valence-electron chi connectivity index (χ4n) is 1.48. The second-order valence-electron chi connectivity index (χ2n) is 3.41. The van der Waals surface area contributed by atoms with Crippen LogP contribution < -0.4 is 5.32 Å². The molecule has 0 aliphatic carbocycles. The van der Waals surface area contributed by atoms with Crippen LogP contribution in [0.1, 0.15) is 23.0 Å². The molecule has 0 aliphatic heterocycles. The second kappa shape index (κ2) is 5.01. The number of amides is 1. The molecule has 1 N–H and O–H groups in total. The number of pyridine rings is 1. The maximum absolute atomic E-state index is 11.9. The van der Waals surface area contributed by atoms with E-state index in [0.29, 0.717) is 28.7 Å². The van der Waals surface area contributed by atoms with Crippen molar-refractivity contribution in [3.05, 3.63) is 47.0 Å². The van der Waals surface area contributed by atoms with Gasteiger partial charge in [-0.25, -0.2) is 4.98 Å². The van der Waals surface area contributed by atoms with E-state index in [1.807, 2.05) is 6.92 Å². The Morgan fingerprint density at radius 3 is 3.00 bits per heavy atom. The first-order chi connectivity index (χ1) is 8.20. The van der Waals surface area contributed by atoms with Crippen molar-refractivity contribution in [2.45, 2.75) is 13.3 Å². The quantitative estimate of drug-likeness (QED) is 0.852. The van der Waals surface area contributed by atoms with E-state index in [0.717, 1.165) is 0 Å². The number of nitrogens with one attached hydrogen (secondary N) is 1. The molecule has 0 fully saturated rings. The zero-order valence-electron chi connectivity index (χ0n) is 9.24. The van der Waals surface area contributed by atoms with E-state index < -0.39 is 0 Å². The molecule has 0 unspecified atom stereocenters. The normalized spacial score (nSPS) is 10.2. The first-order valence-electron chi connectivity index (χ1n) is 5.21. The maximum atomic E-state index is 11.9. The molecule has 4 nitrogen and oxygen atoms in total. The molecular formula is C12H11ClN2O2. The predicted octanol–water partition coefficient (Wildman–Crippen LogP) is 3.14. The largest absolute Gasteiger partial charge is 0.469 e. The molecule has 1 amide bonds. The zero-order chi connectivity index (χ0) is 12.3. The van der Waals surface area contributed by atoms with Gasteiger partial charge in [0, 0.05) is 6.42 Å². The van der Waals surface area contributed by atoms with E-state index in [9.17, 15) is 4.79 Å². The number of carbonyl (C=O) groups excluding carboxylic acids is 1. The summed E-state index contributed by atoms with van der Waals surface area (Å²) in [5.74, 6) is 0.834. The van der Waals surface area contributed by atoms with Gasteiger partial charge in [-0.3, -0.25) is 4.79 Å². The van der Waals surface area contributed by atoms with Gasteiger partial charge in [0.05, 0.1) is 11.8 Å². The van der Waals surface area contributed by atoms with Gasteiger partial charge in [0.1, 0.15) is 16.7 Å². The van der Waals surface area contributed by atoms with E-state index >= 15 is 0 Å². The molecule has 0 bridgehead atoms. The lowest BCUT2D eigenvalue weighted by molar-refractivity contribution is 0.102. The minimum Gasteiger partial charge on any atom is -0.469 e. The summed E-state index contributed by atoms with van der Waals surface area (Å²) in [7, 11) is 0. The molecule has 0 radical (unpaired) electrons. The van der Waals surface area contributed by atoms with E-state index in [2.05, 4.69) is 10.3 Å². The van der Waals surface area contributed by atoms with Crippen molar-refractivity contribution in [2.24, 2.45) is 0 Å². The van der Waals surface area contributed by atoms with Crippen LogP contribution in [0.2, 0.25) is 5.15 Å². The van der Waals surface area contributed by atoms with E-state index in [1.165, 1.54) is 6.26 Å². The Bertz CT molecular complexity index is 537. The Labute approximate surface area is 104 Å². The van der Waals surface area contributed by atoms with Crippen molar-refractivity contribution < 1.29 is 9.21 Å². The number of rotatable bonds is 3. The molecule has 0 spiro atoms. The van der Waals surface area contributed by atoms with Crippen LogP contribution in [-0.4, -0.2) is 10.9 Å². The van der Waals surface area contributed by atoms with Crippen LogP contribution >= 0.6 is 11.6 Å². The number of hydrogen-bond donors (Lipinski definition) is 1. The highest BCUT2D eigenvalue weighted by Crippen LogP contribution is 2.14. The predicted molar refractivity (Wildman–Crippen MR) is 65.3 cm³/mol. The van der Waals surface area contributed by atoms with Crippen LogP contribution in [-0.2, 0) is 6.42 Å². The number of aryl methyl sites for hydroxylation is 1. The third kappa shape index (κ3) is 2.65. The highest BCUT2D eigenvalue weighted by molar-refractivity contribution is 6.29. The van der Waals surface area contributed by atoms with Crippen molar-refractivity contribution in [3.8, 4) is 0 Å². The molecule has 5 heteroatoms. The smallest absolute Gasteiger partial charge is 0.260 e. The maximum Gasteiger partial charge on any atom is 0.260 e. The summed E-state index contributed by atoms with van der Waals surface area (Å²) < 4.78 is 5.19. The molecular weight excluding hydrogens is 240 g/mol. The van der Waals surface area contributed by atoms with Crippen LogP contribution in [0.25, 0.3) is 0 Å². The Morgan fingerprint density at radius 2 is 2.29 bits per heavy atom. The average molecular weight is 251 g/mol. The number of halogens is 1. The lowest BCUT2D eigenvalue weighted by Gasteiger charge is -2.03. The number of aromatic nitrogens is 1. The summed E-state index contributed by atoms with van der Waals surface area (Å²) in [5.41, 5.74) is 0.522. The van der Waals surface area contributed by atoms with Crippen LogP contribution in [0, 0.1) is 0 Å². The van der Waals surface area contributed by atoms with E-state index in [-0.39, 0.29) is 5.91 Å². The summed E-state index contributed by atoms with van der Waals surface area (Å²) in [5, 5.41) is 3.00. The molecule has 2 heterocycles. The van der Waals surface area contributed by atoms with Gasteiger partial charge in [0.2, 0.25) is 0 Å². The average Bonchev–Trinajstić information content (AvgIpc) is 2.77. The van der Waals surface area contributed by atoms with Gasteiger partial charge in [-0.1, -0.05) is 24.6 Å². The first-order valence-corrected chi connectivity index (χ1v) is 5.58. The van der Waals surface area contributed by atoms with Crippen molar-refractivity contribution in [1.82, 2.24) is 4.98 Å². The minimum atomic E-state index is -0.245. The molecule has 0 aliphatic rings. The minimum absolute atomic E-state index is 0.245. The number of carbonyl (C=O) groups is 1. The van der Waals surface area contributed by atoms with Crippen LogP contribution in [0.4, 0.5) is 5.82 Å². The van der Waals surface area contributed by atoms with Gasteiger partial charge < -0.3 is 9.73 Å². The van der Waals surface area contributed by atoms with Gasteiger partial charge in [-0.2, -0.15) is 0 Å². The second-order valence-corrected chi connectivity index (χ2v) is 3.80. The third-order valence-electron chi connectivity index (χ3n) is 2.27. The Morgan fingerprint density at radius 1 is 1.47 bits per heavy atom. The fraction of sp³-hybridized carbons (Fsp3) is 0.167. The molecule has 88 valence electrons. The Kier molecular flexibility index (Phi) is 3.44. The lowest BCUT2D eigenvalue weighted by atomic mass is 10.2. The molecule has 2 aromatic rings.